The van der Waals surface area contributed by atoms with Crippen molar-refractivity contribution in [2.45, 2.75) is 32.5 Å². The second-order valence-corrected chi connectivity index (χ2v) is 4.61. The Balaban J connectivity index is 1.89. The van der Waals surface area contributed by atoms with Gasteiger partial charge in [0.2, 0.25) is 0 Å². The van der Waals surface area contributed by atoms with Crippen LogP contribution in [0.5, 0.6) is 0 Å². The molecule has 0 amide bonds. The Kier molecular flexibility index (Phi) is 6.17. The summed E-state index contributed by atoms with van der Waals surface area (Å²) in [6, 6.07) is 1.98. The maximum Gasteiger partial charge on any atom is 0.174 e. The fraction of sp³-hybridized carbons (Fsp3) is 0.714. The molecular formula is C14H23N3O3. The van der Waals surface area contributed by atoms with E-state index in [1.165, 1.54) is 0 Å². The van der Waals surface area contributed by atoms with E-state index >= 15 is 0 Å². The number of nitrogens with one attached hydrogen (secondary N) is 1. The quantitative estimate of drug-likeness (QED) is 0.733. The van der Waals surface area contributed by atoms with Crippen molar-refractivity contribution < 1.29 is 14.2 Å². The van der Waals surface area contributed by atoms with E-state index in [-0.39, 0.29) is 6.29 Å². The summed E-state index contributed by atoms with van der Waals surface area (Å²) in [7, 11) is 0. The van der Waals surface area contributed by atoms with Crippen LogP contribution in [0.25, 0.3) is 0 Å². The Hall–Kier alpha value is -1.24. The zero-order valence-corrected chi connectivity index (χ0v) is 12.2. The van der Waals surface area contributed by atoms with Gasteiger partial charge in [0.05, 0.1) is 18.8 Å². The summed E-state index contributed by atoms with van der Waals surface area (Å²) in [5, 5.41) is 3.24. The van der Waals surface area contributed by atoms with Crippen LogP contribution in [0.4, 0.5) is 5.82 Å². The lowest BCUT2D eigenvalue weighted by Gasteiger charge is -2.18. The number of hydrogen-bond donors (Lipinski definition) is 1. The number of anilines is 1. The van der Waals surface area contributed by atoms with Gasteiger partial charge < -0.3 is 19.5 Å². The van der Waals surface area contributed by atoms with E-state index < -0.39 is 0 Å². The summed E-state index contributed by atoms with van der Waals surface area (Å²) in [6.07, 6.45) is 2.36. The average molecular weight is 281 g/mol. The third-order valence-electron chi connectivity index (χ3n) is 3.19. The molecule has 0 spiro atoms. The Morgan fingerprint density at radius 3 is 2.80 bits per heavy atom. The molecule has 6 nitrogen and oxygen atoms in total. The first-order valence-corrected chi connectivity index (χ1v) is 7.20. The Morgan fingerprint density at radius 1 is 1.35 bits per heavy atom. The minimum absolute atomic E-state index is 0.252. The van der Waals surface area contributed by atoms with Crippen molar-refractivity contribution in [1.82, 2.24) is 9.97 Å². The van der Waals surface area contributed by atoms with E-state index in [1.54, 1.807) is 6.33 Å². The molecule has 1 saturated heterocycles. The van der Waals surface area contributed by atoms with Crippen LogP contribution in [0.2, 0.25) is 0 Å². The summed E-state index contributed by atoms with van der Waals surface area (Å²) in [5.74, 6) is 1.18. The summed E-state index contributed by atoms with van der Waals surface area (Å²) < 4.78 is 16.4. The predicted octanol–water partition coefficient (Wildman–Crippen LogP) is 1.79. The molecule has 1 aromatic heterocycles. The monoisotopic (exact) mass is 281 g/mol. The van der Waals surface area contributed by atoms with Crippen LogP contribution in [0, 0.1) is 0 Å². The molecule has 1 aliphatic rings. The molecule has 1 unspecified atom stereocenters. The summed E-state index contributed by atoms with van der Waals surface area (Å²) in [4.78, 5) is 8.56. The van der Waals surface area contributed by atoms with Gasteiger partial charge in [-0.3, -0.25) is 0 Å². The molecule has 0 aromatic carbocycles. The zero-order chi connectivity index (χ0) is 14.2. The first-order chi connectivity index (χ1) is 9.83. The van der Waals surface area contributed by atoms with Crippen molar-refractivity contribution >= 4 is 5.82 Å². The molecule has 0 aliphatic carbocycles. The van der Waals surface area contributed by atoms with Crippen LogP contribution in [0.15, 0.2) is 12.4 Å². The normalized spacial score (nSPS) is 18.6. The highest BCUT2D eigenvalue weighted by molar-refractivity contribution is 5.36. The minimum atomic E-state index is -0.252. The van der Waals surface area contributed by atoms with E-state index in [0.717, 1.165) is 31.1 Å². The molecule has 2 rings (SSSR count). The van der Waals surface area contributed by atoms with Crippen LogP contribution in [0.3, 0.4) is 0 Å². The van der Waals surface area contributed by atoms with Gasteiger partial charge in [-0.1, -0.05) is 0 Å². The van der Waals surface area contributed by atoms with Crippen molar-refractivity contribution in [3.63, 3.8) is 0 Å². The number of hydrogen-bond acceptors (Lipinski definition) is 6. The van der Waals surface area contributed by atoms with Crippen LogP contribution < -0.4 is 5.32 Å². The lowest BCUT2D eigenvalue weighted by atomic mass is 10.1. The van der Waals surface area contributed by atoms with Crippen LogP contribution in [-0.4, -0.2) is 49.2 Å². The van der Waals surface area contributed by atoms with Gasteiger partial charge in [0, 0.05) is 31.8 Å². The zero-order valence-electron chi connectivity index (χ0n) is 12.2. The van der Waals surface area contributed by atoms with E-state index in [2.05, 4.69) is 15.3 Å². The Labute approximate surface area is 119 Å². The molecule has 1 fully saturated rings. The van der Waals surface area contributed by atoms with Gasteiger partial charge in [-0.15, -0.1) is 0 Å². The van der Waals surface area contributed by atoms with Crippen LogP contribution in [0.1, 0.15) is 31.9 Å². The lowest BCUT2D eigenvalue weighted by molar-refractivity contribution is -0.126. The van der Waals surface area contributed by atoms with Gasteiger partial charge in [-0.25, -0.2) is 9.97 Å². The summed E-state index contributed by atoms with van der Waals surface area (Å²) in [6.45, 7) is 7.29. The highest BCUT2D eigenvalue weighted by Gasteiger charge is 2.19. The SMILES string of the molecule is CCOC(CNc1cc(C2CCOC2)ncn1)OCC. The number of rotatable bonds is 8. The molecule has 2 heterocycles. The molecule has 0 saturated carbocycles. The van der Waals surface area contributed by atoms with Gasteiger partial charge >= 0.3 is 0 Å². The second-order valence-electron chi connectivity index (χ2n) is 4.61. The fourth-order valence-corrected chi connectivity index (χ4v) is 2.19. The van der Waals surface area contributed by atoms with E-state index in [0.29, 0.717) is 25.7 Å². The maximum atomic E-state index is 5.49. The first-order valence-electron chi connectivity index (χ1n) is 7.20. The van der Waals surface area contributed by atoms with E-state index in [4.69, 9.17) is 14.2 Å². The maximum absolute atomic E-state index is 5.49. The molecule has 0 radical (unpaired) electrons. The van der Waals surface area contributed by atoms with Gasteiger partial charge in [0.25, 0.3) is 0 Å². The predicted molar refractivity (Wildman–Crippen MR) is 75.7 cm³/mol. The Bertz CT molecular complexity index is 391. The molecule has 20 heavy (non-hydrogen) atoms. The molecular weight excluding hydrogens is 258 g/mol. The van der Waals surface area contributed by atoms with Crippen molar-refractivity contribution in [1.29, 1.82) is 0 Å². The van der Waals surface area contributed by atoms with Crippen molar-refractivity contribution in [3.8, 4) is 0 Å². The molecule has 0 bridgehead atoms. The lowest BCUT2D eigenvalue weighted by Crippen LogP contribution is -2.26. The van der Waals surface area contributed by atoms with E-state index in [1.807, 2.05) is 19.9 Å². The van der Waals surface area contributed by atoms with Crippen LogP contribution >= 0.6 is 0 Å². The topological polar surface area (TPSA) is 65.5 Å². The van der Waals surface area contributed by atoms with Gasteiger partial charge in [-0.2, -0.15) is 0 Å². The average Bonchev–Trinajstić information content (AvgIpc) is 3.00. The summed E-state index contributed by atoms with van der Waals surface area (Å²) in [5.41, 5.74) is 1.03. The third-order valence-corrected chi connectivity index (χ3v) is 3.19. The van der Waals surface area contributed by atoms with Crippen molar-refractivity contribution in [2.75, 3.05) is 38.3 Å². The molecule has 6 heteroatoms. The fourth-order valence-electron chi connectivity index (χ4n) is 2.19. The molecule has 1 atom stereocenters. The van der Waals surface area contributed by atoms with Crippen molar-refractivity contribution in [3.05, 3.63) is 18.1 Å². The molecule has 1 aliphatic heterocycles. The highest BCUT2D eigenvalue weighted by atomic mass is 16.7. The second kappa shape index (κ2) is 8.14. The molecule has 1 aromatic rings. The number of ether oxygens (including phenoxy) is 3. The van der Waals surface area contributed by atoms with Gasteiger partial charge in [-0.05, 0) is 20.3 Å². The Morgan fingerprint density at radius 2 is 2.15 bits per heavy atom. The highest BCUT2D eigenvalue weighted by Crippen LogP contribution is 2.24. The first kappa shape index (κ1) is 15.2. The smallest absolute Gasteiger partial charge is 0.174 e. The van der Waals surface area contributed by atoms with Crippen molar-refractivity contribution in [2.24, 2.45) is 0 Å². The van der Waals surface area contributed by atoms with Gasteiger partial charge in [0.1, 0.15) is 12.1 Å². The van der Waals surface area contributed by atoms with Crippen LogP contribution in [-0.2, 0) is 14.2 Å². The van der Waals surface area contributed by atoms with E-state index in [9.17, 15) is 0 Å². The molecule has 112 valence electrons. The minimum Gasteiger partial charge on any atom is -0.381 e. The van der Waals surface area contributed by atoms with Gasteiger partial charge in [0.15, 0.2) is 6.29 Å². The third kappa shape index (κ3) is 4.40. The number of nitrogens with zero attached hydrogens (tertiary/aromatic N) is 2. The summed E-state index contributed by atoms with van der Waals surface area (Å²) >= 11 is 0. The molecule has 1 N–H and O–H groups in total. The standard InChI is InChI=1S/C14H23N3O3/c1-3-19-14(20-4-2)8-15-13-7-12(16-10-17-13)11-5-6-18-9-11/h7,10-11,14H,3-6,8-9H2,1-2H3,(H,15,16,17). The largest absolute Gasteiger partial charge is 0.381 e. The number of aromatic nitrogens is 2.